The fraction of sp³-hybridized carbons (Fsp3) is 0.231. The van der Waals surface area contributed by atoms with Crippen LogP contribution in [0.2, 0.25) is 0 Å². The van der Waals surface area contributed by atoms with Crippen molar-refractivity contribution in [3.05, 3.63) is 42.4 Å². The van der Waals surface area contributed by atoms with Crippen molar-refractivity contribution in [1.82, 2.24) is 14.8 Å². The number of anilines is 1. The first-order chi connectivity index (χ1) is 9.69. The molecule has 0 aromatic carbocycles. The minimum absolute atomic E-state index is 0.0129. The topological polar surface area (TPSA) is 86.1 Å². The Bertz CT molecular complexity index is 595. The van der Waals surface area contributed by atoms with E-state index in [4.69, 9.17) is 4.74 Å². The van der Waals surface area contributed by atoms with Crippen LogP contribution in [0.1, 0.15) is 17.3 Å². The zero-order valence-electron chi connectivity index (χ0n) is 10.9. The van der Waals surface area contributed by atoms with Crippen LogP contribution in [-0.4, -0.2) is 33.2 Å². The Morgan fingerprint density at radius 2 is 2.05 bits per heavy atom. The standard InChI is InChI=1S/C13H14N4O3/c1-2-20-12(18)9-17-8-5-11(16-17)15-13(19)10-3-6-14-7-4-10/h3-8H,2,9H2,1H3,(H,15,16,19). The van der Waals surface area contributed by atoms with Crippen LogP contribution in [0.5, 0.6) is 0 Å². The summed E-state index contributed by atoms with van der Waals surface area (Å²) in [4.78, 5) is 27.0. The van der Waals surface area contributed by atoms with Crippen LogP contribution in [0.15, 0.2) is 36.8 Å². The van der Waals surface area contributed by atoms with Crippen molar-refractivity contribution in [2.24, 2.45) is 0 Å². The second-order valence-electron chi connectivity index (χ2n) is 3.89. The highest BCUT2D eigenvalue weighted by Crippen LogP contribution is 2.06. The summed E-state index contributed by atoms with van der Waals surface area (Å²) in [7, 11) is 0. The molecule has 1 amide bonds. The van der Waals surface area contributed by atoms with E-state index in [1.807, 2.05) is 0 Å². The van der Waals surface area contributed by atoms with Crippen LogP contribution in [-0.2, 0) is 16.1 Å². The Balaban J connectivity index is 1.96. The summed E-state index contributed by atoms with van der Waals surface area (Å²) in [5, 5.41) is 6.70. The fourth-order valence-corrected chi connectivity index (χ4v) is 1.55. The molecule has 2 rings (SSSR count). The van der Waals surface area contributed by atoms with Crippen molar-refractivity contribution < 1.29 is 14.3 Å². The SMILES string of the molecule is CCOC(=O)Cn1ccc(NC(=O)c2ccncc2)n1. The van der Waals surface area contributed by atoms with E-state index < -0.39 is 0 Å². The summed E-state index contributed by atoms with van der Waals surface area (Å²) in [6.07, 6.45) is 4.67. The summed E-state index contributed by atoms with van der Waals surface area (Å²) in [6.45, 7) is 2.08. The molecule has 2 aromatic rings. The number of nitrogens with one attached hydrogen (secondary N) is 1. The van der Waals surface area contributed by atoms with Crippen LogP contribution in [0.3, 0.4) is 0 Å². The van der Waals surface area contributed by atoms with Gasteiger partial charge in [0, 0.05) is 30.2 Å². The Hall–Kier alpha value is -2.70. The minimum Gasteiger partial charge on any atom is -0.465 e. The van der Waals surface area contributed by atoms with Crippen molar-refractivity contribution >= 4 is 17.7 Å². The highest BCUT2D eigenvalue weighted by Gasteiger charge is 2.09. The zero-order chi connectivity index (χ0) is 14.4. The normalized spacial score (nSPS) is 10.1. The van der Waals surface area contributed by atoms with Gasteiger partial charge in [-0.2, -0.15) is 5.10 Å². The third-order valence-corrected chi connectivity index (χ3v) is 2.42. The predicted octanol–water partition coefficient (Wildman–Crippen LogP) is 1.09. The predicted molar refractivity (Wildman–Crippen MR) is 71.1 cm³/mol. The van der Waals surface area contributed by atoms with E-state index in [0.717, 1.165) is 0 Å². The molecular formula is C13H14N4O3. The first-order valence-electron chi connectivity index (χ1n) is 6.09. The van der Waals surface area contributed by atoms with Crippen molar-refractivity contribution in [2.45, 2.75) is 13.5 Å². The van der Waals surface area contributed by atoms with Gasteiger partial charge in [-0.05, 0) is 19.1 Å². The zero-order valence-corrected chi connectivity index (χ0v) is 10.9. The van der Waals surface area contributed by atoms with Crippen LogP contribution >= 0.6 is 0 Å². The highest BCUT2D eigenvalue weighted by atomic mass is 16.5. The molecule has 0 aliphatic heterocycles. The van der Waals surface area contributed by atoms with E-state index in [0.29, 0.717) is 18.0 Å². The monoisotopic (exact) mass is 274 g/mol. The van der Waals surface area contributed by atoms with Gasteiger partial charge in [0.25, 0.3) is 5.91 Å². The Labute approximate surface area is 115 Å². The van der Waals surface area contributed by atoms with Gasteiger partial charge in [-0.15, -0.1) is 0 Å². The number of rotatable bonds is 5. The fourth-order valence-electron chi connectivity index (χ4n) is 1.55. The van der Waals surface area contributed by atoms with Crippen LogP contribution < -0.4 is 5.32 Å². The van der Waals surface area contributed by atoms with E-state index in [1.165, 1.54) is 17.1 Å². The third kappa shape index (κ3) is 3.64. The molecular weight excluding hydrogens is 260 g/mol. The largest absolute Gasteiger partial charge is 0.465 e. The molecule has 0 saturated heterocycles. The summed E-state index contributed by atoms with van der Waals surface area (Å²) in [6, 6.07) is 4.81. The lowest BCUT2D eigenvalue weighted by Gasteiger charge is -2.02. The Morgan fingerprint density at radius 3 is 2.75 bits per heavy atom. The maximum absolute atomic E-state index is 11.9. The van der Waals surface area contributed by atoms with Gasteiger partial charge in [-0.25, -0.2) is 0 Å². The molecule has 0 fully saturated rings. The van der Waals surface area contributed by atoms with Crippen LogP contribution in [0.25, 0.3) is 0 Å². The average Bonchev–Trinajstić information content (AvgIpc) is 2.87. The molecule has 0 aliphatic carbocycles. The van der Waals surface area contributed by atoms with Gasteiger partial charge in [-0.3, -0.25) is 19.3 Å². The van der Waals surface area contributed by atoms with Crippen molar-refractivity contribution in [3.8, 4) is 0 Å². The number of pyridine rings is 1. The molecule has 0 radical (unpaired) electrons. The van der Waals surface area contributed by atoms with Crippen molar-refractivity contribution in [3.63, 3.8) is 0 Å². The molecule has 7 nitrogen and oxygen atoms in total. The quantitative estimate of drug-likeness (QED) is 0.825. The van der Waals surface area contributed by atoms with E-state index in [-0.39, 0.29) is 18.4 Å². The molecule has 0 bridgehead atoms. The molecule has 0 atom stereocenters. The molecule has 104 valence electrons. The number of carbonyl (C=O) groups excluding carboxylic acids is 2. The van der Waals surface area contributed by atoms with Crippen molar-refractivity contribution in [1.29, 1.82) is 0 Å². The molecule has 2 heterocycles. The molecule has 0 aliphatic rings. The maximum atomic E-state index is 11.9. The Kier molecular flexibility index (Phi) is 4.43. The first kappa shape index (κ1) is 13.7. The molecule has 0 saturated carbocycles. The van der Waals surface area contributed by atoms with Gasteiger partial charge in [0.2, 0.25) is 0 Å². The van der Waals surface area contributed by atoms with Gasteiger partial charge in [0.15, 0.2) is 5.82 Å². The molecule has 0 unspecified atom stereocenters. The van der Waals surface area contributed by atoms with Gasteiger partial charge in [0.1, 0.15) is 6.54 Å². The number of carbonyl (C=O) groups is 2. The van der Waals surface area contributed by atoms with E-state index in [9.17, 15) is 9.59 Å². The lowest BCUT2D eigenvalue weighted by molar-refractivity contribution is -0.144. The second kappa shape index (κ2) is 6.46. The summed E-state index contributed by atoms with van der Waals surface area (Å²) in [5.74, 6) is -0.285. The molecule has 7 heteroatoms. The summed E-state index contributed by atoms with van der Waals surface area (Å²) < 4.78 is 6.21. The number of aromatic nitrogens is 3. The number of hydrogen-bond donors (Lipinski definition) is 1. The van der Waals surface area contributed by atoms with E-state index in [1.54, 1.807) is 31.3 Å². The number of ether oxygens (including phenoxy) is 1. The van der Waals surface area contributed by atoms with Gasteiger partial charge in [-0.1, -0.05) is 0 Å². The highest BCUT2D eigenvalue weighted by molar-refractivity contribution is 6.03. The second-order valence-corrected chi connectivity index (χ2v) is 3.89. The smallest absolute Gasteiger partial charge is 0.327 e. The molecule has 2 aromatic heterocycles. The first-order valence-corrected chi connectivity index (χ1v) is 6.09. The van der Waals surface area contributed by atoms with Crippen LogP contribution in [0, 0.1) is 0 Å². The summed E-state index contributed by atoms with van der Waals surface area (Å²) in [5.41, 5.74) is 0.486. The number of amides is 1. The Morgan fingerprint density at radius 1 is 1.30 bits per heavy atom. The maximum Gasteiger partial charge on any atom is 0.327 e. The molecule has 1 N–H and O–H groups in total. The van der Waals surface area contributed by atoms with E-state index in [2.05, 4.69) is 15.4 Å². The number of esters is 1. The van der Waals surface area contributed by atoms with Crippen LogP contribution in [0.4, 0.5) is 5.82 Å². The molecule has 20 heavy (non-hydrogen) atoms. The van der Waals surface area contributed by atoms with Crippen molar-refractivity contribution in [2.75, 3.05) is 11.9 Å². The average molecular weight is 274 g/mol. The van der Waals surface area contributed by atoms with Gasteiger partial charge in [0.05, 0.1) is 6.61 Å². The number of nitrogens with zero attached hydrogens (tertiary/aromatic N) is 3. The molecule has 0 spiro atoms. The lowest BCUT2D eigenvalue weighted by atomic mass is 10.2. The van der Waals surface area contributed by atoms with Gasteiger partial charge >= 0.3 is 5.97 Å². The third-order valence-electron chi connectivity index (χ3n) is 2.42. The summed E-state index contributed by atoms with van der Waals surface area (Å²) >= 11 is 0. The van der Waals surface area contributed by atoms with Gasteiger partial charge < -0.3 is 10.1 Å². The minimum atomic E-state index is -0.373. The van der Waals surface area contributed by atoms with E-state index >= 15 is 0 Å². The lowest BCUT2D eigenvalue weighted by Crippen LogP contribution is -2.15. The number of hydrogen-bond acceptors (Lipinski definition) is 5.